The molecule has 3 heterocycles. The molecule has 3 saturated heterocycles. The number of fused-ring (bicyclic) bond motifs is 3. The summed E-state index contributed by atoms with van der Waals surface area (Å²) in [5.74, 6) is 0.631. The highest BCUT2D eigenvalue weighted by Crippen LogP contribution is 2.27. The quantitative estimate of drug-likeness (QED) is 0.647. The van der Waals surface area contributed by atoms with Gasteiger partial charge in [-0.05, 0) is 49.6 Å². The van der Waals surface area contributed by atoms with Gasteiger partial charge < -0.3 is 16.0 Å². The molecule has 3 aliphatic heterocycles. The van der Waals surface area contributed by atoms with E-state index in [2.05, 4.69) is 10.2 Å². The minimum Gasteiger partial charge on any atom is -0.398 e. The van der Waals surface area contributed by atoms with Crippen LogP contribution in [0.5, 0.6) is 0 Å². The van der Waals surface area contributed by atoms with Gasteiger partial charge in [0.25, 0.3) is 0 Å². The first-order valence-corrected chi connectivity index (χ1v) is 7.28. The van der Waals surface area contributed by atoms with Gasteiger partial charge in [-0.25, -0.2) is 0 Å². The number of nitrogens with two attached hydrogens (primary N) is 1. The van der Waals surface area contributed by atoms with Crippen LogP contribution in [0.25, 0.3) is 6.08 Å². The lowest BCUT2D eigenvalue weighted by molar-refractivity contribution is -0.118. The molecule has 0 spiro atoms. The molecule has 4 nitrogen and oxygen atoms in total. The second-order valence-corrected chi connectivity index (χ2v) is 5.72. The van der Waals surface area contributed by atoms with Crippen LogP contribution in [0.1, 0.15) is 18.4 Å². The highest BCUT2D eigenvalue weighted by atomic mass is 16.1. The lowest BCUT2D eigenvalue weighted by atomic mass is 9.84. The lowest BCUT2D eigenvalue weighted by Crippen LogP contribution is -2.57. The zero-order valence-electron chi connectivity index (χ0n) is 11.6. The Morgan fingerprint density at radius 2 is 2.05 bits per heavy atom. The third kappa shape index (κ3) is 2.85. The molecule has 1 aromatic carbocycles. The van der Waals surface area contributed by atoms with Gasteiger partial charge in [0, 0.05) is 24.4 Å². The summed E-state index contributed by atoms with van der Waals surface area (Å²) in [4.78, 5) is 14.4. The van der Waals surface area contributed by atoms with E-state index in [-0.39, 0.29) is 5.91 Å². The number of rotatable bonds is 3. The van der Waals surface area contributed by atoms with Crippen LogP contribution in [-0.4, -0.2) is 36.5 Å². The normalized spacial score (nSPS) is 28.7. The Bertz CT molecular complexity index is 518. The molecule has 4 heteroatoms. The predicted octanol–water partition coefficient (Wildman–Crippen LogP) is 1.49. The van der Waals surface area contributed by atoms with Crippen molar-refractivity contribution in [3.8, 4) is 0 Å². The van der Waals surface area contributed by atoms with Crippen molar-refractivity contribution in [1.82, 2.24) is 10.2 Å². The Hall–Kier alpha value is -1.81. The molecule has 4 rings (SSSR count). The highest BCUT2D eigenvalue weighted by molar-refractivity contribution is 5.92. The van der Waals surface area contributed by atoms with E-state index in [1.165, 1.54) is 25.9 Å². The van der Waals surface area contributed by atoms with E-state index in [9.17, 15) is 4.79 Å². The minimum absolute atomic E-state index is 0.0213. The van der Waals surface area contributed by atoms with E-state index in [1.807, 2.05) is 24.3 Å². The van der Waals surface area contributed by atoms with Crippen LogP contribution in [0.4, 0.5) is 5.69 Å². The number of amides is 1. The molecule has 20 heavy (non-hydrogen) atoms. The first-order chi connectivity index (χ1) is 9.72. The second kappa shape index (κ2) is 5.67. The predicted molar refractivity (Wildman–Crippen MR) is 81.0 cm³/mol. The van der Waals surface area contributed by atoms with Crippen molar-refractivity contribution in [2.75, 3.05) is 25.4 Å². The third-order valence-corrected chi connectivity index (χ3v) is 4.39. The topological polar surface area (TPSA) is 58.4 Å². The lowest BCUT2D eigenvalue weighted by Gasteiger charge is -2.44. The molecule has 3 N–H and O–H groups in total. The van der Waals surface area contributed by atoms with Crippen molar-refractivity contribution in [3.05, 3.63) is 35.9 Å². The van der Waals surface area contributed by atoms with E-state index >= 15 is 0 Å². The summed E-state index contributed by atoms with van der Waals surface area (Å²) in [6.45, 7) is 3.37. The number of benzene rings is 1. The van der Waals surface area contributed by atoms with Gasteiger partial charge in [0.1, 0.15) is 0 Å². The number of piperidine rings is 3. The van der Waals surface area contributed by atoms with Gasteiger partial charge in [0.2, 0.25) is 5.91 Å². The number of nitrogens with one attached hydrogen (secondary N) is 1. The maximum atomic E-state index is 12.0. The molecular weight excluding hydrogens is 250 g/mol. The number of hydrogen-bond donors (Lipinski definition) is 2. The van der Waals surface area contributed by atoms with Gasteiger partial charge in [0.05, 0.1) is 0 Å². The molecule has 1 amide bonds. The first kappa shape index (κ1) is 13.2. The molecule has 1 unspecified atom stereocenters. The number of carbonyl (C=O) groups is 1. The van der Waals surface area contributed by atoms with Crippen LogP contribution < -0.4 is 11.1 Å². The Morgan fingerprint density at radius 3 is 2.70 bits per heavy atom. The van der Waals surface area contributed by atoms with Crippen molar-refractivity contribution in [1.29, 1.82) is 0 Å². The Labute approximate surface area is 119 Å². The summed E-state index contributed by atoms with van der Waals surface area (Å²) in [5.41, 5.74) is 7.43. The van der Waals surface area contributed by atoms with Gasteiger partial charge in [-0.1, -0.05) is 18.2 Å². The van der Waals surface area contributed by atoms with Crippen LogP contribution in [0.2, 0.25) is 0 Å². The fraction of sp³-hybridized carbons (Fsp3) is 0.438. The second-order valence-electron chi connectivity index (χ2n) is 5.72. The standard InChI is InChI=1S/C16H21N3O/c17-14-4-2-1-3-12(14)5-6-16(20)18-15-11-19-9-7-13(15)8-10-19/h1-6,13,15H,7-11,17H2,(H,18,20). The number of anilines is 1. The zero-order valence-corrected chi connectivity index (χ0v) is 11.6. The van der Waals surface area contributed by atoms with Gasteiger partial charge in [-0.15, -0.1) is 0 Å². The average Bonchev–Trinajstić information content (AvgIpc) is 2.48. The molecule has 3 aliphatic rings. The molecule has 3 fully saturated rings. The summed E-state index contributed by atoms with van der Waals surface area (Å²) in [5, 5.41) is 3.13. The van der Waals surface area contributed by atoms with Crippen LogP contribution in [0.15, 0.2) is 30.3 Å². The summed E-state index contributed by atoms with van der Waals surface area (Å²) in [6.07, 6.45) is 5.79. The maximum absolute atomic E-state index is 12.0. The molecule has 106 valence electrons. The van der Waals surface area contributed by atoms with Crippen molar-refractivity contribution < 1.29 is 4.79 Å². The van der Waals surface area contributed by atoms with E-state index in [4.69, 9.17) is 5.73 Å². The molecule has 2 bridgehead atoms. The highest BCUT2D eigenvalue weighted by Gasteiger charge is 2.34. The fourth-order valence-electron chi connectivity index (χ4n) is 3.19. The number of nitrogen functional groups attached to an aromatic ring is 1. The summed E-state index contributed by atoms with van der Waals surface area (Å²) in [6, 6.07) is 7.86. The first-order valence-electron chi connectivity index (χ1n) is 7.28. The van der Waals surface area contributed by atoms with Crippen LogP contribution in [-0.2, 0) is 4.79 Å². The minimum atomic E-state index is -0.0213. The Kier molecular flexibility index (Phi) is 3.74. The Balaban J connectivity index is 1.59. The van der Waals surface area contributed by atoms with Gasteiger partial charge in [0.15, 0.2) is 0 Å². The van der Waals surface area contributed by atoms with Crippen LogP contribution in [0.3, 0.4) is 0 Å². The van der Waals surface area contributed by atoms with Crippen LogP contribution >= 0.6 is 0 Å². The number of nitrogens with zero attached hydrogens (tertiary/aromatic N) is 1. The van der Waals surface area contributed by atoms with Crippen molar-refractivity contribution in [2.24, 2.45) is 5.92 Å². The number of carbonyl (C=O) groups excluding carboxylic acids is 1. The molecule has 0 aliphatic carbocycles. The fourth-order valence-corrected chi connectivity index (χ4v) is 3.19. The van der Waals surface area contributed by atoms with Crippen molar-refractivity contribution in [3.63, 3.8) is 0 Å². The van der Waals surface area contributed by atoms with Gasteiger partial charge in [-0.3, -0.25) is 4.79 Å². The zero-order chi connectivity index (χ0) is 13.9. The SMILES string of the molecule is Nc1ccccc1C=CC(=O)NC1CN2CCC1CC2. The molecule has 1 aromatic rings. The smallest absolute Gasteiger partial charge is 0.244 e. The van der Waals surface area contributed by atoms with Crippen molar-refractivity contribution >= 4 is 17.7 Å². The van der Waals surface area contributed by atoms with Gasteiger partial charge >= 0.3 is 0 Å². The Morgan fingerprint density at radius 1 is 1.30 bits per heavy atom. The molecule has 0 radical (unpaired) electrons. The number of hydrogen-bond acceptors (Lipinski definition) is 3. The molecule has 0 aromatic heterocycles. The third-order valence-electron chi connectivity index (χ3n) is 4.39. The molecule has 0 saturated carbocycles. The average molecular weight is 271 g/mol. The molecular formula is C16H21N3O. The van der Waals surface area contributed by atoms with E-state index < -0.39 is 0 Å². The molecule has 1 atom stereocenters. The summed E-state index contributed by atoms with van der Waals surface area (Å²) < 4.78 is 0. The summed E-state index contributed by atoms with van der Waals surface area (Å²) in [7, 11) is 0. The summed E-state index contributed by atoms with van der Waals surface area (Å²) >= 11 is 0. The van der Waals surface area contributed by atoms with Crippen molar-refractivity contribution in [2.45, 2.75) is 18.9 Å². The van der Waals surface area contributed by atoms with Crippen LogP contribution in [0, 0.1) is 5.92 Å². The van der Waals surface area contributed by atoms with E-state index in [0.29, 0.717) is 17.6 Å². The van der Waals surface area contributed by atoms with Gasteiger partial charge in [-0.2, -0.15) is 0 Å². The largest absolute Gasteiger partial charge is 0.398 e. The van der Waals surface area contributed by atoms with E-state index in [1.54, 1.807) is 12.2 Å². The van der Waals surface area contributed by atoms with E-state index in [0.717, 1.165) is 12.1 Å². The monoisotopic (exact) mass is 271 g/mol. The maximum Gasteiger partial charge on any atom is 0.244 e. The number of para-hydroxylation sites is 1.